The van der Waals surface area contributed by atoms with Crippen LogP contribution in [0.1, 0.15) is 22.8 Å². The van der Waals surface area contributed by atoms with Gasteiger partial charge < -0.3 is 4.90 Å². The zero-order valence-electron chi connectivity index (χ0n) is 10.7. The van der Waals surface area contributed by atoms with Crippen LogP contribution in [0, 0.1) is 0 Å². The van der Waals surface area contributed by atoms with Crippen LogP contribution in [-0.2, 0) is 6.54 Å². The Morgan fingerprint density at radius 1 is 1.21 bits per heavy atom. The van der Waals surface area contributed by atoms with Gasteiger partial charge >= 0.3 is 0 Å². The van der Waals surface area contributed by atoms with E-state index in [0.29, 0.717) is 18.7 Å². The highest BCUT2D eigenvalue weighted by atomic mass is 79.9. The van der Waals surface area contributed by atoms with Gasteiger partial charge in [0.15, 0.2) is 0 Å². The zero-order chi connectivity index (χ0) is 13.7. The number of rotatable bonds is 4. The van der Waals surface area contributed by atoms with Crippen LogP contribution in [0.3, 0.4) is 0 Å². The predicted octanol–water partition coefficient (Wildman–Crippen LogP) is 3.51. The number of amides is 1. The van der Waals surface area contributed by atoms with Crippen LogP contribution in [0.15, 0.2) is 53.3 Å². The highest BCUT2D eigenvalue weighted by Gasteiger charge is 2.16. The smallest absolute Gasteiger partial charge is 0.255 e. The van der Waals surface area contributed by atoms with Gasteiger partial charge in [0, 0.05) is 30.0 Å². The van der Waals surface area contributed by atoms with Crippen LogP contribution in [-0.4, -0.2) is 22.3 Å². The van der Waals surface area contributed by atoms with E-state index in [-0.39, 0.29) is 5.91 Å². The fraction of sp³-hybridized carbons (Fsp3) is 0.200. The van der Waals surface area contributed by atoms with Crippen molar-refractivity contribution in [2.45, 2.75) is 13.5 Å². The summed E-state index contributed by atoms with van der Waals surface area (Å²) in [6.07, 6.45) is 3.48. The van der Waals surface area contributed by atoms with E-state index in [1.165, 1.54) is 0 Å². The molecule has 1 aromatic heterocycles. The molecule has 0 N–H and O–H groups in total. The number of aromatic nitrogens is 1. The average molecular weight is 319 g/mol. The number of hydrogen-bond donors (Lipinski definition) is 0. The molecule has 0 aliphatic carbocycles. The monoisotopic (exact) mass is 318 g/mol. The molecular weight excluding hydrogens is 304 g/mol. The van der Waals surface area contributed by atoms with Crippen LogP contribution in [0.25, 0.3) is 0 Å². The Hall–Kier alpha value is -1.68. The third kappa shape index (κ3) is 3.41. The Morgan fingerprint density at radius 3 is 2.53 bits per heavy atom. The lowest BCUT2D eigenvalue weighted by atomic mass is 10.2. The summed E-state index contributed by atoms with van der Waals surface area (Å²) in [7, 11) is 0. The van der Waals surface area contributed by atoms with E-state index in [4.69, 9.17) is 0 Å². The number of halogens is 1. The van der Waals surface area contributed by atoms with Crippen LogP contribution >= 0.6 is 15.9 Å². The number of carbonyl (C=O) groups excluding carboxylic acids is 1. The molecule has 0 bridgehead atoms. The maximum atomic E-state index is 12.5. The molecule has 1 heterocycles. The number of hydrogen-bond acceptors (Lipinski definition) is 2. The molecule has 98 valence electrons. The number of benzene rings is 1. The fourth-order valence-electron chi connectivity index (χ4n) is 1.84. The molecule has 0 fully saturated rings. The highest BCUT2D eigenvalue weighted by Crippen LogP contribution is 2.18. The predicted molar refractivity (Wildman–Crippen MR) is 78.8 cm³/mol. The molecule has 2 aromatic rings. The van der Waals surface area contributed by atoms with Gasteiger partial charge in [0.1, 0.15) is 0 Å². The SMILES string of the molecule is CCN(Cc1ccncc1)C(=O)c1ccccc1Br. The molecular formula is C15H15BrN2O. The number of carbonyl (C=O) groups is 1. The summed E-state index contributed by atoms with van der Waals surface area (Å²) in [6.45, 7) is 3.25. The molecule has 0 saturated carbocycles. The molecule has 0 aliphatic heterocycles. The first-order chi connectivity index (χ1) is 9.22. The minimum Gasteiger partial charge on any atom is -0.335 e. The summed E-state index contributed by atoms with van der Waals surface area (Å²) < 4.78 is 0.827. The molecule has 1 amide bonds. The summed E-state index contributed by atoms with van der Waals surface area (Å²) in [6, 6.07) is 11.3. The third-order valence-electron chi connectivity index (χ3n) is 2.90. The van der Waals surface area contributed by atoms with Gasteiger partial charge in [-0.05, 0) is 52.7 Å². The Kier molecular flexibility index (Phi) is 4.68. The van der Waals surface area contributed by atoms with Crippen LogP contribution in [0.4, 0.5) is 0 Å². The molecule has 0 unspecified atom stereocenters. The summed E-state index contributed by atoms with van der Waals surface area (Å²) in [5.41, 5.74) is 1.77. The minimum absolute atomic E-state index is 0.0341. The largest absolute Gasteiger partial charge is 0.335 e. The zero-order valence-corrected chi connectivity index (χ0v) is 12.3. The van der Waals surface area contributed by atoms with Crippen molar-refractivity contribution >= 4 is 21.8 Å². The molecule has 3 nitrogen and oxygen atoms in total. The van der Waals surface area contributed by atoms with Crippen LogP contribution < -0.4 is 0 Å². The topological polar surface area (TPSA) is 33.2 Å². The van der Waals surface area contributed by atoms with Crippen molar-refractivity contribution in [3.05, 3.63) is 64.4 Å². The van der Waals surface area contributed by atoms with Crippen LogP contribution in [0.5, 0.6) is 0 Å². The Labute approximate surface area is 121 Å². The third-order valence-corrected chi connectivity index (χ3v) is 3.59. The van der Waals surface area contributed by atoms with Gasteiger partial charge in [-0.2, -0.15) is 0 Å². The highest BCUT2D eigenvalue weighted by molar-refractivity contribution is 9.10. The fourth-order valence-corrected chi connectivity index (χ4v) is 2.30. The Bertz CT molecular complexity index is 557. The minimum atomic E-state index is 0.0341. The van der Waals surface area contributed by atoms with E-state index >= 15 is 0 Å². The van der Waals surface area contributed by atoms with Gasteiger partial charge in [0.2, 0.25) is 0 Å². The van der Waals surface area contributed by atoms with E-state index in [9.17, 15) is 4.79 Å². The van der Waals surface area contributed by atoms with Crippen molar-refractivity contribution in [2.75, 3.05) is 6.54 Å². The van der Waals surface area contributed by atoms with Crippen molar-refractivity contribution in [2.24, 2.45) is 0 Å². The van der Waals surface area contributed by atoms with Gasteiger partial charge in [0.05, 0.1) is 5.56 Å². The van der Waals surface area contributed by atoms with E-state index in [2.05, 4.69) is 20.9 Å². The molecule has 2 rings (SSSR count). The Morgan fingerprint density at radius 2 is 1.89 bits per heavy atom. The molecule has 4 heteroatoms. The van der Waals surface area contributed by atoms with Gasteiger partial charge in [-0.25, -0.2) is 0 Å². The molecule has 19 heavy (non-hydrogen) atoms. The van der Waals surface area contributed by atoms with E-state index in [0.717, 1.165) is 10.0 Å². The number of nitrogens with zero attached hydrogens (tertiary/aromatic N) is 2. The van der Waals surface area contributed by atoms with Crippen molar-refractivity contribution in [1.82, 2.24) is 9.88 Å². The van der Waals surface area contributed by atoms with Gasteiger partial charge in [-0.15, -0.1) is 0 Å². The maximum Gasteiger partial charge on any atom is 0.255 e. The van der Waals surface area contributed by atoms with Crippen molar-refractivity contribution in [3.8, 4) is 0 Å². The second-order valence-electron chi connectivity index (χ2n) is 4.15. The summed E-state index contributed by atoms with van der Waals surface area (Å²) in [5.74, 6) is 0.0341. The molecule has 0 atom stereocenters. The normalized spacial score (nSPS) is 10.2. The quantitative estimate of drug-likeness (QED) is 0.864. The number of pyridine rings is 1. The molecule has 0 radical (unpaired) electrons. The summed E-state index contributed by atoms with van der Waals surface area (Å²) in [4.78, 5) is 18.3. The lowest BCUT2D eigenvalue weighted by molar-refractivity contribution is 0.0751. The molecule has 0 aliphatic rings. The van der Waals surface area contributed by atoms with Gasteiger partial charge in [-0.1, -0.05) is 12.1 Å². The van der Waals surface area contributed by atoms with Crippen molar-refractivity contribution in [1.29, 1.82) is 0 Å². The second-order valence-corrected chi connectivity index (χ2v) is 5.01. The second kappa shape index (κ2) is 6.48. The van der Waals surface area contributed by atoms with E-state index < -0.39 is 0 Å². The molecule has 0 saturated heterocycles. The lowest BCUT2D eigenvalue weighted by Crippen LogP contribution is -2.30. The van der Waals surface area contributed by atoms with E-state index in [1.54, 1.807) is 12.4 Å². The molecule has 0 spiro atoms. The summed E-state index contributed by atoms with van der Waals surface area (Å²) >= 11 is 3.42. The first-order valence-electron chi connectivity index (χ1n) is 6.15. The Balaban J connectivity index is 2.18. The van der Waals surface area contributed by atoms with Crippen molar-refractivity contribution < 1.29 is 4.79 Å². The summed E-state index contributed by atoms with van der Waals surface area (Å²) in [5, 5.41) is 0. The maximum absolute atomic E-state index is 12.5. The van der Waals surface area contributed by atoms with Gasteiger partial charge in [-0.3, -0.25) is 9.78 Å². The lowest BCUT2D eigenvalue weighted by Gasteiger charge is -2.21. The first-order valence-corrected chi connectivity index (χ1v) is 6.94. The average Bonchev–Trinajstić information content (AvgIpc) is 2.46. The molecule has 1 aromatic carbocycles. The standard InChI is InChI=1S/C15H15BrN2O/c1-2-18(11-12-7-9-17-10-8-12)15(19)13-5-3-4-6-14(13)16/h3-10H,2,11H2,1H3. The van der Waals surface area contributed by atoms with Gasteiger partial charge in [0.25, 0.3) is 5.91 Å². The first kappa shape index (κ1) is 13.7. The van der Waals surface area contributed by atoms with Crippen molar-refractivity contribution in [3.63, 3.8) is 0 Å². The van der Waals surface area contributed by atoms with E-state index in [1.807, 2.05) is 48.2 Å². The van der Waals surface area contributed by atoms with Crippen LogP contribution in [0.2, 0.25) is 0 Å².